The first-order valence-electron chi connectivity index (χ1n) is 5.82. The maximum Gasteiger partial charge on any atom is 0.0208 e. The Morgan fingerprint density at radius 1 is 1.19 bits per heavy atom. The van der Waals surface area contributed by atoms with E-state index in [0.29, 0.717) is 0 Å². The monoisotopic (exact) mass is 303 g/mol. The maximum atomic E-state index is 3.64. The number of halogens is 2. The second-order valence-electron chi connectivity index (χ2n) is 4.35. The van der Waals surface area contributed by atoms with E-state index in [1.165, 1.54) is 42.1 Å². The van der Waals surface area contributed by atoms with Gasteiger partial charge in [-0.1, -0.05) is 47.3 Å². The van der Waals surface area contributed by atoms with E-state index in [4.69, 9.17) is 0 Å². The summed E-state index contributed by atoms with van der Waals surface area (Å²) in [5.41, 5.74) is 1.37. The van der Waals surface area contributed by atoms with Crippen molar-refractivity contribution < 1.29 is 0 Å². The van der Waals surface area contributed by atoms with Crippen molar-refractivity contribution in [2.24, 2.45) is 0 Å². The quantitative estimate of drug-likeness (QED) is 0.878. The molecule has 0 aliphatic heterocycles. The molecule has 1 N–H and O–H groups in total. The Balaban J connectivity index is 0.00000128. The Labute approximate surface area is 113 Å². The van der Waals surface area contributed by atoms with Gasteiger partial charge in [0.15, 0.2) is 0 Å². The van der Waals surface area contributed by atoms with E-state index in [2.05, 4.69) is 45.5 Å². The molecule has 0 unspecified atom stereocenters. The van der Waals surface area contributed by atoms with Crippen LogP contribution in [0.2, 0.25) is 0 Å². The van der Waals surface area contributed by atoms with E-state index in [0.717, 1.165) is 12.6 Å². The van der Waals surface area contributed by atoms with Gasteiger partial charge in [-0.25, -0.2) is 0 Å². The van der Waals surface area contributed by atoms with Gasteiger partial charge in [0.05, 0.1) is 0 Å². The Morgan fingerprint density at radius 2 is 1.94 bits per heavy atom. The SMILES string of the molecule is Brc1cccc(CNC2CCCCC2)c1.Cl. The molecule has 0 amide bonds. The van der Waals surface area contributed by atoms with E-state index in [1.54, 1.807) is 0 Å². The van der Waals surface area contributed by atoms with Gasteiger partial charge in [-0.3, -0.25) is 0 Å². The maximum absolute atomic E-state index is 3.64. The molecular formula is C13H19BrClN. The summed E-state index contributed by atoms with van der Waals surface area (Å²) in [6, 6.07) is 9.29. The lowest BCUT2D eigenvalue weighted by molar-refractivity contribution is 0.372. The third-order valence-corrected chi connectivity index (χ3v) is 3.58. The minimum absolute atomic E-state index is 0. The molecule has 1 nitrogen and oxygen atoms in total. The van der Waals surface area contributed by atoms with Crippen LogP contribution in [-0.4, -0.2) is 6.04 Å². The molecule has 2 rings (SSSR count). The molecule has 1 aliphatic carbocycles. The summed E-state index contributed by atoms with van der Waals surface area (Å²) < 4.78 is 1.17. The predicted octanol–water partition coefficient (Wildman–Crippen LogP) is 4.29. The lowest BCUT2D eigenvalue weighted by atomic mass is 9.95. The molecule has 1 aromatic rings. The highest BCUT2D eigenvalue weighted by Gasteiger charge is 2.11. The second kappa shape index (κ2) is 7.31. The molecule has 16 heavy (non-hydrogen) atoms. The highest BCUT2D eigenvalue weighted by Crippen LogP contribution is 2.18. The third kappa shape index (κ3) is 4.44. The average molecular weight is 305 g/mol. The average Bonchev–Trinajstić information content (AvgIpc) is 2.28. The molecule has 0 atom stereocenters. The molecular weight excluding hydrogens is 286 g/mol. The zero-order valence-electron chi connectivity index (χ0n) is 9.42. The van der Waals surface area contributed by atoms with Crippen LogP contribution in [0.1, 0.15) is 37.7 Å². The van der Waals surface area contributed by atoms with Gasteiger partial charge in [0.25, 0.3) is 0 Å². The van der Waals surface area contributed by atoms with Crippen LogP contribution in [0.4, 0.5) is 0 Å². The number of hydrogen-bond acceptors (Lipinski definition) is 1. The molecule has 1 aromatic carbocycles. The summed E-state index contributed by atoms with van der Waals surface area (Å²) in [4.78, 5) is 0. The van der Waals surface area contributed by atoms with Crippen molar-refractivity contribution in [3.63, 3.8) is 0 Å². The minimum atomic E-state index is 0. The fraction of sp³-hybridized carbons (Fsp3) is 0.538. The van der Waals surface area contributed by atoms with E-state index < -0.39 is 0 Å². The lowest BCUT2D eigenvalue weighted by Gasteiger charge is -2.22. The molecule has 0 radical (unpaired) electrons. The van der Waals surface area contributed by atoms with Crippen molar-refractivity contribution in [1.82, 2.24) is 5.32 Å². The highest BCUT2D eigenvalue weighted by molar-refractivity contribution is 9.10. The molecule has 0 heterocycles. The van der Waals surface area contributed by atoms with Gasteiger partial charge >= 0.3 is 0 Å². The van der Waals surface area contributed by atoms with Crippen molar-refractivity contribution in [3.8, 4) is 0 Å². The fourth-order valence-electron chi connectivity index (χ4n) is 2.22. The van der Waals surface area contributed by atoms with Crippen molar-refractivity contribution >= 4 is 28.3 Å². The predicted molar refractivity (Wildman–Crippen MR) is 75.1 cm³/mol. The number of hydrogen-bond donors (Lipinski definition) is 1. The first-order chi connectivity index (χ1) is 7.34. The number of rotatable bonds is 3. The van der Waals surface area contributed by atoms with E-state index in [1.807, 2.05) is 0 Å². The zero-order chi connectivity index (χ0) is 10.5. The zero-order valence-corrected chi connectivity index (χ0v) is 11.8. The molecule has 1 saturated carbocycles. The number of benzene rings is 1. The highest BCUT2D eigenvalue weighted by atomic mass is 79.9. The third-order valence-electron chi connectivity index (χ3n) is 3.09. The molecule has 3 heteroatoms. The van der Waals surface area contributed by atoms with Gasteiger partial charge in [0, 0.05) is 17.1 Å². The van der Waals surface area contributed by atoms with Gasteiger partial charge in [-0.05, 0) is 30.5 Å². The van der Waals surface area contributed by atoms with Crippen molar-refractivity contribution in [2.75, 3.05) is 0 Å². The summed E-state index contributed by atoms with van der Waals surface area (Å²) in [6.45, 7) is 1.00. The molecule has 0 aromatic heterocycles. The van der Waals surface area contributed by atoms with Crippen LogP contribution in [0.3, 0.4) is 0 Å². The van der Waals surface area contributed by atoms with E-state index in [-0.39, 0.29) is 12.4 Å². The summed E-state index contributed by atoms with van der Waals surface area (Å²) in [5.74, 6) is 0. The molecule has 1 aliphatic rings. The largest absolute Gasteiger partial charge is 0.310 e. The first-order valence-corrected chi connectivity index (χ1v) is 6.62. The van der Waals surface area contributed by atoms with Gasteiger partial charge in [0.1, 0.15) is 0 Å². The topological polar surface area (TPSA) is 12.0 Å². The Morgan fingerprint density at radius 3 is 2.62 bits per heavy atom. The number of nitrogens with one attached hydrogen (secondary N) is 1. The summed E-state index contributed by atoms with van der Waals surface area (Å²) in [5, 5.41) is 3.64. The van der Waals surface area contributed by atoms with Crippen molar-refractivity contribution in [2.45, 2.75) is 44.7 Å². The summed E-state index contributed by atoms with van der Waals surface area (Å²) in [6.07, 6.45) is 6.93. The van der Waals surface area contributed by atoms with Crippen LogP contribution < -0.4 is 5.32 Å². The van der Waals surface area contributed by atoms with Crippen LogP contribution in [0.5, 0.6) is 0 Å². The van der Waals surface area contributed by atoms with Crippen LogP contribution in [-0.2, 0) is 6.54 Å². The molecule has 90 valence electrons. The molecule has 1 fully saturated rings. The standard InChI is InChI=1S/C13H18BrN.ClH/c14-12-6-4-5-11(9-12)10-15-13-7-2-1-3-8-13;/h4-6,9,13,15H,1-3,7-8,10H2;1H. The van der Waals surface area contributed by atoms with Gasteiger partial charge in [-0.15, -0.1) is 12.4 Å². The fourth-order valence-corrected chi connectivity index (χ4v) is 2.66. The van der Waals surface area contributed by atoms with Gasteiger partial charge in [-0.2, -0.15) is 0 Å². The van der Waals surface area contributed by atoms with Gasteiger partial charge in [0.2, 0.25) is 0 Å². The van der Waals surface area contributed by atoms with Gasteiger partial charge < -0.3 is 5.32 Å². The lowest BCUT2D eigenvalue weighted by Crippen LogP contribution is -2.30. The Hall–Kier alpha value is -0.0500. The Bertz CT molecular complexity index is 311. The molecule has 0 bridgehead atoms. The van der Waals surface area contributed by atoms with Crippen LogP contribution in [0.25, 0.3) is 0 Å². The first kappa shape index (κ1) is 14.0. The second-order valence-corrected chi connectivity index (χ2v) is 5.26. The molecule has 0 saturated heterocycles. The summed E-state index contributed by atoms with van der Waals surface area (Å²) in [7, 11) is 0. The van der Waals surface area contributed by atoms with Crippen LogP contribution in [0, 0.1) is 0 Å². The van der Waals surface area contributed by atoms with Crippen LogP contribution >= 0.6 is 28.3 Å². The summed E-state index contributed by atoms with van der Waals surface area (Å²) >= 11 is 3.50. The van der Waals surface area contributed by atoms with Crippen molar-refractivity contribution in [1.29, 1.82) is 0 Å². The smallest absolute Gasteiger partial charge is 0.0208 e. The minimum Gasteiger partial charge on any atom is -0.310 e. The molecule has 0 spiro atoms. The van der Waals surface area contributed by atoms with E-state index in [9.17, 15) is 0 Å². The van der Waals surface area contributed by atoms with E-state index >= 15 is 0 Å². The van der Waals surface area contributed by atoms with Crippen LogP contribution in [0.15, 0.2) is 28.7 Å². The van der Waals surface area contributed by atoms with Crippen molar-refractivity contribution in [3.05, 3.63) is 34.3 Å². The Kier molecular flexibility index (Phi) is 6.40. The normalized spacial score (nSPS) is 16.8.